The van der Waals surface area contributed by atoms with Crippen LogP contribution in [-0.4, -0.2) is 0 Å². The molecule has 1 nitrogen and oxygen atoms in total. The highest BCUT2D eigenvalue weighted by Crippen LogP contribution is 2.38. The van der Waals surface area contributed by atoms with E-state index in [0.29, 0.717) is 15.8 Å². The smallest absolute Gasteiger partial charge is 0.164 e. The molecular weight excluding hydrogens is 255 g/mol. The predicted molar refractivity (Wildman–Crippen MR) is 72.5 cm³/mol. The van der Waals surface area contributed by atoms with Crippen LogP contribution >= 0.6 is 23.2 Å². The SMILES string of the molecule is Cc1ccccc1Oc1c(Cl)ccc(C)c1Cl. The van der Waals surface area contributed by atoms with Gasteiger partial charge in [-0.1, -0.05) is 47.5 Å². The molecule has 0 aliphatic rings. The largest absolute Gasteiger partial charge is 0.454 e. The molecule has 0 atom stereocenters. The van der Waals surface area contributed by atoms with E-state index in [4.69, 9.17) is 27.9 Å². The summed E-state index contributed by atoms with van der Waals surface area (Å²) in [4.78, 5) is 0. The van der Waals surface area contributed by atoms with Gasteiger partial charge in [0.2, 0.25) is 0 Å². The first-order valence-electron chi connectivity index (χ1n) is 5.27. The second kappa shape index (κ2) is 4.99. The minimum Gasteiger partial charge on any atom is -0.454 e. The molecule has 2 aromatic rings. The molecule has 0 aliphatic heterocycles. The van der Waals surface area contributed by atoms with E-state index in [0.717, 1.165) is 16.9 Å². The van der Waals surface area contributed by atoms with Crippen LogP contribution in [0, 0.1) is 13.8 Å². The number of halogens is 2. The molecule has 3 heteroatoms. The minimum absolute atomic E-state index is 0.516. The van der Waals surface area contributed by atoms with E-state index in [1.807, 2.05) is 44.2 Å². The van der Waals surface area contributed by atoms with Crippen LogP contribution in [0.2, 0.25) is 10.0 Å². The van der Waals surface area contributed by atoms with Gasteiger partial charge < -0.3 is 4.74 Å². The summed E-state index contributed by atoms with van der Waals surface area (Å²) in [5, 5.41) is 1.07. The quantitative estimate of drug-likeness (QED) is 0.707. The van der Waals surface area contributed by atoms with E-state index in [1.165, 1.54) is 0 Å². The van der Waals surface area contributed by atoms with Gasteiger partial charge in [-0.3, -0.25) is 0 Å². The van der Waals surface area contributed by atoms with Crippen LogP contribution in [0.3, 0.4) is 0 Å². The van der Waals surface area contributed by atoms with Crippen LogP contribution < -0.4 is 4.74 Å². The molecule has 0 amide bonds. The van der Waals surface area contributed by atoms with E-state index in [2.05, 4.69) is 0 Å². The zero-order valence-corrected chi connectivity index (χ0v) is 11.1. The lowest BCUT2D eigenvalue weighted by Gasteiger charge is -2.12. The van der Waals surface area contributed by atoms with Crippen LogP contribution in [0.1, 0.15) is 11.1 Å². The van der Waals surface area contributed by atoms with E-state index < -0.39 is 0 Å². The van der Waals surface area contributed by atoms with Gasteiger partial charge in [0.15, 0.2) is 5.75 Å². The second-order valence-corrected chi connectivity index (χ2v) is 4.66. The molecule has 0 fully saturated rings. The summed E-state index contributed by atoms with van der Waals surface area (Å²) in [6, 6.07) is 11.4. The number of para-hydroxylation sites is 1. The molecular formula is C14H12Cl2O. The van der Waals surface area contributed by atoms with Gasteiger partial charge in [0.05, 0.1) is 10.0 Å². The molecule has 0 N–H and O–H groups in total. The number of benzene rings is 2. The van der Waals surface area contributed by atoms with Crippen molar-refractivity contribution in [2.75, 3.05) is 0 Å². The number of rotatable bonds is 2. The second-order valence-electron chi connectivity index (χ2n) is 3.87. The van der Waals surface area contributed by atoms with Gasteiger partial charge in [-0.25, -0.2) is 0 Å². The van der Waals surface area contributed by atoms with E-state index in [-0.39, 0.29) is 0 Å². The van der Waals surface area contributed by atoms with Crippen LogP contribution in [-0.2, 0) is 0 Å². The molecule has 0 spiro atoms. The van der Waals surface area contributed by atoms with Crippen molar-refractivity contribution in [3.63, 3.8) is 0 Å². The Morgan fingerprint density at radius 2 is 1.59 bits per heavy atom. The lowest BCUT2D eigenvalue weighted by atomic mass is 10.2. The monoisotopic (exact) mass is 266 g/mol. The van der Waals surface area contributed by atoms with E-state index >= 15 is 0 Å². The molecule has 2 aromatic carbocycles. The third kappa shape index (κ3) is 2.56. The van der Waals surface area contributed by atoms with Crippen molar-refractivity contribution in [3.8, 4) is 11.5 Å². The minimum atomic E-state index is 0.516. The summed E-state index contributed by atoms with van der Waals surface area (Å²) in [6.45, 7) is 3.90. The molecule has 0 heterocycles. The maximum absolute atomic E-state index is 6.19. The van der Waals surface area contributed by atoms with Crippen LogP contribution in [0.5, 0.6) is 11.5 Å². The fraction of sp³-hybridized carbons (Fsp3) is 0.143. The molecule has 0 unspecified atom stereocenters. The summed E-state index contributed by atoms with van der Waals surface area (Å²) in [5.74, 6) is 1.28. The molecule has 0 radical (unpaired) electrons. The molecule has 17 heavy (non-hydrogen) atoms. The summed E-state index contributed by atoms with van der Waals surface area (Å²) < 4.78 is 5.79. The Labute approximate surface area is 111 Å². The number of aryl methyl sites for hydroxylation is 2. The maximum atomic E-state index is 6.19. The summed E-state index contributed by atoms with van der Waals surface area (Å²) in [6.07, 6.45) is 0. The standard InChI is InChI=1S/C14H12Cl2O/c1-9-5-3-4-6-12(9)17-14-11(15)8-7-10(2)13(14)16/h3-8H,1-2H3. The van der Waals surface area contributed by atoms with Gasteiger partial charge in [0, 0.05) is 0 Å². The Balaban J connectivity index is 2.43. The molecule has 0 saturated carbocycles. The van der Waals surface area contributed by atoms with Gasteiger partial charge in [0.25, 0.3) is 0 Å². The van der Waals surface area contributed by atoms with Crippen molar-refractivity contribution >= 4 is 23.2 Å². The maximum Gasteiger partial charge on any atom is 0.164 e. The van der Waals surface area contributed by atoms with Crippen molar-refractivity contribution in [1.82, 2.24) is 0 Å². The Morgan fingerprint density at radius 1 is 0.882 bits per heavy atom. The van der Waals surface area contributed by atoms with Crippen molar-refractivity contribution in [3.05, 3.63) is 57.6 Å². The van der Waals surface area contributed by atoms with Crippen LogP contribution in [0.15, 0.2) is 36.4 Å². The molecule has 0 aromatic heterocycles. The topological polar surface area (TPSA) is 9.23 Å². The number of hydrogen-bond donors (Lipinski definition) is 0. The third-order valence-electron chi connectivity index (χ3n) is 2.55. The first-order valence-corrected chi connectivity index (χ1v) is 6.03. The molecule has 88 valence electrons. The van der Waals surface area contributed by atoms with Crippen molar-refractivity contribution in [2.45, 2.75) is 13.8 Å². The van der Waals surface area contributed by atoms with Gasteiger partial charge in [-0.2, -0.15) is 0 Å². The van der Waals surface area contributed by atoms with Crippen molar-refractivity contribution in [2.24, 2.45) is 0 Å². The van der Waals surface area contributed by atoms with Gasteiger partial charge in [-0.15, -0.1) is 0 Å². The fourth-order valence-electron chi connectivity index (χ4n) is 1.51. The average Bonchev–Trinajstić information content (AvgIpc) is 2.32. The average molecular weight is 267 g/mol. The first kappa shape index (κ1) is 12.3. The Morgan fingerprint density at radius 3 is 2.29 bits per heavy atom. The molecule has 2 rings (SSSR count). The fourth-order valence-corrected chi connectivity index (χ4v) is 1.95. The highest BCUT2D eigenvalue weighted by molar-refractivity contribution is 6.37. The van der Waals surface area contributed by atoms with E-state index in [9.17, 15) is 0 Å². The number of ether oxygens (including phenoxy) is 1. The zero-order valence-electron chi connectivity index (χ0n) is 9.63. The van der Waals surface area contributed by atoms with Gasteiger partial charge in [0.1, 0.15) is 5.75 Å². The third-order valence-corrected chi connectivity index (χ3v) is 3.32. The van der Waals surface area contributed by atoms with Crippen LogP contribution in [0.25, 0.3) is 0 Å². The Hall–Kier alpha value is -1.18. The summed E-state index contributed by atoms with van der Waals surface area (Å²) >= 11 is 12.3. The van der Waals surface area contributed by atoms with Gasteiger partial charge >= 0.3 is 0 Å². The highest BCUT2D eigenvalue weighted by Gasteiger charge is 2.11. The molecule has 0 aliphatic carbocycles. The van der Waals surface area contributed by atoms with Crippen molar-refractivity contribution in [1.29, 1.82) is 0 Å². The van der Waals surface area contributed by atoms with Gasteiger partial charge in [-0.05, 0) is 37.1 Å². The molecule has 0 saturated heterocycles. The van der Waals surface area contributed by atoms with E-state index in [1.54, 1.807) is 6.07 Å². The molecule has 0 bridgehead atoms. The number of hydrogen-bond acceptors (Lipinski definition) is 1. The summed E-state index contributed by atoms with van der Waals surface area (Å²) in [5.41, 5.74) is 1.99. The first-order chi connectivity index (χ1) is 8.09. The summed E-state index contributed by atoms with van der Waals surface area (Å²) in [7, 11) is 0. The highest BCUT2D eigenvalue weighted by atomic mass is 35.5. The predicted octanol–water partition coefficient (Wildman–Crippen LogP) is 5.40. The zero-order chi connectivity index (χ0) is 12.4. The normalized spacial score (nSPS) is 10.4. The Kier molecular flexibility index (Phi) is 3.60. The van der Waals surface area contributed by atoms with Crippen LogP contribution in [0.4, 0.5) is 0 Å². The van der Waals surface area contributed by atoms with Crippen molar-refractivity contribution < 1.29 is 4.74 Å². The lowest BCUT2D eigenvalue weighted by molar-refractivity contribution is 0.479. The Bertz CT molecular complexity index is 550. The lowest BCUT2D eigenvalue weighted by Crippen LogP contribution is -1.90.